The van der Waals surface area contributed by atoms with Crippen molar-refractivity contribution in [1.82, 2.24) is 15.0 Å². The Morgan fingerprint density at radius 3 is 1.58 bits per heavy atom. The summed E-state index contributed by atoms with van der Waals surface area (Å²) in [7, 11) is 0. The van der Waals surface area contributed by atoms with Crippen molar-refractivity contribution >= 4 is 65.0 Å². The Balaban J connectivity index is 1.18. The number of hydrogen-bond acceptors (Lipinski definition) is 3. The molecule has 0 bridgehead atoms. The Bertz CT molecular complexity index is 2820. The predicted molar refractivity (Wildman–Crippen MR) is 201 cm³/mol. The van der Waals surface area contributed by atoms with Gasteiger partial charge < -0.3 is 0 Å². The van der Waals surface area contributed by atoms with Gasteiger partial charge in [0.2, 0.25) is 0 Å². The highest BCUT2D eigenvalue weighted by molar-refractivity contribution is 6.24. The largest absolute Gasteiger partial charge is 0.254 e. The number of pyridine rings is 3. The molecule has 7 aromatic carbocycles. The van der Waals surface area contributed by atoms with E-state index in [1.807, 2.05) is 18.5 Å². The van der Waals surface area contributed by atoms with E-state index >= 15 is 0 Å². The molecule has 0 radical (unpaired) electrons. The smallest absolute Gasteiger partial charge is 0.0972 e. The fraction of sp³-hybridized carbons (Fsp3) is 0. The van der Waals surface area contributed by atoms with Gasteiger partial charge in [0, 0.05) is 33.3 Å². The number of hydrogen-bond donors (Lipinski definition) is 0. The lowest BCUT2D eigenvalue weighted by Crippen LogP contribution is -1.94. The van der Waals surface area contributed by atoms with Crippen LogP contribution < -0.4 is 0 Å². The molecule has 48 heavy (non-hydrogen) atoms. The first kappa shape index (κ1) is 26.7. The van der Waals surface area contributed by atoms with Gasteiger partial charge >= 0.3 is 0 Å². The average molecular weight is 610 g/mol. The molecule has 0 N–H and O–H groups in total. The molecule has 0 aliphatic carbocycles. The molecule has 0 aliphatic heterocycles. The summed E-state index contributed by atoms with van der Waals surface area (Å²) in [5, 5.41) is 10.6. The van der Waals surface area contributed by atoms with Gasteiger partial charge in [-0.3, -0.25) is 9.97 Å². The van der Waals surface area contributed by atoms with Crippen molar-refractivity contribution in [3.63, 3.8) is 0 Å². The van der Waals surface area contributed by atoms with Crippen molar-refractivity contribution in [3.8, 4) is 33.5 Å². The minimum absolute atomic E-state index is 0.879. The molecule has 3 heterocycles. The van der Waals surface area contributed by atoms with Crippen molar-refractivity contribution in [3.05, 3.63) is 164 Å². The lowest BCUT2D eigenvalue weighted by atomic mass is 9.86. The summed E-state index contributed by atoms with van der Waals surface area (Å²) in [6.07, 6.45) is 3.74. The summed E-state index contributed by atoms with van der Waals surface area (Å²) in [6.45, 7) is 0. The summed E-state index contributed by atoms with van der Waals surface area (Å²) < 4.78 is 0. The molecule has 0 amide bonds. The van der Waals surface area contributed by atoms with Gasteiger partial charge in [-0.25, -0.2) is 4.98 Å². The zero-order valence-electron chi connectivity index (χ0n) is 25.9. The van der Waals surface area contributed by atoms with Gasteiger partial charge in [-0.05, 0) is 55.3 Å². The summed E-state index contributed by atoms with van der Waals surface area (Å²) >= 11 is 0. The van der Waals surface area contributed by atoms with Gasteiger partial charge in [-0.15, -0.1) is 0 Å². The van der Waals surface area contributed by atoms with Gasteiger partial charge in [-0.2, -0.15) is 0 Å². The minimum atomic E-state index is 0.879. The molecule has 10 aromatic rings. The molecular weight excluding hydrogens is 583 g/mol. The van der Waals surface area contributed by atoms with Crippen LogP contribution in [0.25, 0.3) is 98.5 Å². The highest BCUT2D eigenvalue weighted by atomic mass is 14.8. The summed E-state index contributed by atoms with van der Waals surface area (Å²) in [4.78, 5) is 14.8. The van der Waals surface area contributed by atoms with E-state index in [1.165, 1.54) is 43.8 Å². The lowest BCUT2D eigenvalue weighted by molar-refractivity contribution is 1.36. The van der Waals surface area contributed by atoms with E-state index in [-0.39, 0.29) is 0 Å². The molecule has 3 aromatic heterocycles. The monoisotopic (exact) mass is 609 g/mol. The van der Waals surface area contributed by atoms with Crippen LogP contribution in [0.1, 0.15) is 0 Å². The third kappa shape index (κ3) is 3.98. The van der Waals surface area contributed by atoms with Crippen LogP contribution in [0.2, 0.25) is 0 Å². The summed E-state index contributed by atoms with van der Waals surface area (Å²) in [6, 6.07) is 54.2. The van der Waals surface area contributed by atoms with E-state index in [2.05, 4.69) is 151 Å². The zero-order valence-corrected chi connectivity index (χ0v) is 25.9. The number of aromatic nitrogens is 3. The van der Waals surface area contributed by atoms with Crippen molar-refractivity contribution < 1.29 is 0 Å². The third-order valence-electron chi connectivity index (χ3n) is 9.71. The van der Waals surface area contributed by atoms with E-state index in [4.69, 9.17) is 9.97 Å². The molecule has 222 valence electrons. The highest BCUT2D eigenvalue weighted by Gasteiger charge is 2.18. The maximum absolute atomic E-state index is 5.27. The van der Waals surface area contributed by atoms with Gasteiger partial charge in [0.05, 0.1) is 28.4 Å². The van der Waals surface area contributed by atoms with Crippen LogP contribution >= 0.6 is 0 Å². The molecule has 10 rings (SSSR count). The second-order valence-corrected chi connectivity index (χ2v) is 12.3. The highest BCUT2D eigenvalue weighted by Crippen LogP contribution is 2.44. The molecule has 0 unspecified atom stereocenters. The number of nitrogens with zero attached hydrogens (tertiary/aromatic N) is 3. The second kappa shape index (κ2) is 10.5. The van der Waals surface area contributed by atoms with Crippen LogP contribution in [0.3, 0.4) is 0 Å². The zero-order chi connectivity index (χ0) is 31.6. The van der Waals surface area contributed by atoms with Crippen molar-refractivity contribution in [2.45, 2.75) is 0 Å². The maximum Gasteiger partial charge on any atom is 0.0972 e. The second-order valence-electron chi connectivity index (χ2n) is 12.3. The number of rotatable bonds is 3. The molecule has 3 nitrogen and oxygen atoms in total. The van der Waals surface area contributed by atoms with E-state index in [0.29, 0.717) is 0 Å². The lowest BCUT2D eigenvalue weighted by Gasteiger charge is -2.18. The van der Waals surface area contributed by atoms with E-state index < -0.39 is 0 Å². The Morgan fingerprint density at radius 1 is 0.354 bits per heavy atom. The quantitative estimate of drug-likeness (QED) is 0.148. The maximum atomic E-state index is 5.27. The fourth-order valence-corrected chi connectivity index (χ4v) is 7.62. The Morgan fingerprint density at radius 2 is 0.917 bits per heavy atom. The molecule has 0 saturated heterocycles. The molecular formula is C45H27N3. The van der Waals surface area contributed by atoms with E-state index in [1.54, 1.807) is 0 Å². The average Bonchev–Trinajstić information content (AvgIpc) is 3.16. The number of benzene rings is 7. The first-order chi connectivity index (χ1) is 23.8. The van der Waals surface area contributed by atoms with Crippen LogP contribution in [0.15, 0.2) is 164 Å². The van der Waals surface area contributed by atoms with Gasteiger partial charge in [0.1, 0.15) is 0 Å². The van der Waals surface area contributed by atoms with Crippen LogP contribution in [-0.4, -0.2) is 15.0 Å². The van der Waals surface area contributed by atoms with Gasteiger partial charge in [-0.1, -0.05) is 146 Å². The van der Waals surface area contributed by atoms with Gasteiger partial charge in [0.15, 0.2) is 0 Å². The topological polar surface area (TPSA) is 38.7 Å². The van der Waals surface area contributed by atoms with E-state index in [9.17, 15) is 0 Å². The molecule has 0 spiro atoms. The third-order valence-corrected chi connectivity index (χ3v) is 9.71. The van der Waals surface area contributed by atoms with Crippen LogP contribution in [-0.2, 0) is 0 Å². The predicted octanol–water partition coefficient (Wildman–Crippen LogP) is 11.8. The van der Waals surface area contributed by atoms with Crippen molar-refractivity contribution in [2.24, 2.45) is 0 Å². The SMILES string of the molecule is c1ccc(-c2c3ccccc3c(-c3ccc(-c4nc5cnc6c(ccc7cccnc76)c5c5ccccc45)cc3)c3ccccc23)cc1. The summed E-state index contributed by atoms with van der Waals surface area (Å²) in [5.74, 6) is 0. The first-order valence-corrected chi connectivity index (χ1v) is 16.3. The molecule has 3 heteroatoms. The van der Waals surface area contributed by atoms with Crippen LogP contribution in [0, 0.1) is 0 Å². The number of fused-ring (bicyclic) bond motifs is 9. The Labute approximate surface area is 276 Å². The standard InChI is InChI=1S/C45H27N3/c1-2-11-28(12-3-1)40-32-14-4-6-16-34(32)41(35-17-7-5-15-33(35)40)29-20-22-31(23-21-29)43-37-19-9-8-18-36(37)42-38-25-24-30-13-10-26-46-44(30)45(38)47-27-39(42)48-43/h1-27H. The van der Waals surface area contributed by atoms with Crippen LogP contribution in [0.4, 0.5) is 0 Å². The molecule has 0 fully saturated rings. The van der Waals surface area contributed by atoms with Crippen molar-refractivity contribution in [2.75, 3.05) is 0 Å². The summed E-state index contributed by atoms with van der Waals surface area (Å²) in [5.41, 5.74) is 9.67. The Kier molecular flexibility index (Phi) is 5.87. The Hall–Kier alpha value is -6.45. The molecule has 0 saturated carbocycles. The first-order valence-electron chi connectivity index (χ1n) is 16.3. The van der Waals surface area contributed by atoms with Crippen LogP contribution in [0.5, 0.6) is 0 Å². The van der Waals surface area contributed by atoms with E-state index in [0.717, 1.165) is 54.7 Å². The minimum Gasteiger partial charge on any atom is -0.254 e. The normalized spacial score (nSPS) is 11.8. The van der Waals surface area contributed by atoms with Gasteiger partial charge in [0.25, 0.3) is 0 Å². The fourth-order valence-electron chi connectivity index (χ4n) is 7.62. The van der Waals surface area contributed by atoms with Crippen molar-refractivity contribution in [1.29, 1.82) is 0 Å². The molecule has 0 atom stereocenters. The molecule has 0 aliphatic rings.